The van der Waals surface area contributed by atoms with Crippen molar-refractivity contribution < 1.29 is 22.8 Å². The van der Waals surface area contributed by atoms with Crippen LogP contribution < -0.4 is 0 Å². The molecule has 0 aliphatic rings. The number of esters is 1. The van der Waals surface area contributed by atoms with Crippen molar-refractivity contribution in [1.29, 1.82) is 0 Å². The highest BCUT2D eigenvalue weighted by molar-refractivity contribution is 6.70. The smallest absolute Gasteiger partial charge is 0.305 e. The van der Waals surface area contributed by atoms with Gasteiger partial charge in [0.05, 0.1) is 19.3 Å². The van der Waals surface area contributed by atoms with Gasteiger partial charge in [-0.3, -0.25) is 4.79 Å². The highest BCUT2D eigenvalue weighted by Crippen LogP contribution is 2.23. The molecule has 0 rings (SSSR count). The number of hydrogen-bond donors (Lipinski definition) is 0. The molecule has 0 heterocycles. The Morgan fingerprint density at radius 2 is 1.11 bits per heavy atom. The molecule has 0 radical (unpaired) electrons. The maximum atomic E-state index is 11.2. The van der Waals surface area contributed by atoms with Gasteiger partial charge in [0.25, 0.3) is 0 Å². The Bertz CT molecular complexity index is 715. The van der Waals surface area contributed by atoms with Crippen LogP contribution >= 0.6 is 0 Å². The third-order valence-electron chi connectivity index (χ3n) is 5.45. The maximum Gasteiger partial charge on any atom is 0.305 e. The van der Waals surface area contributed by atoms with Gasteiger partial charge in [0.1, 0.15) is 0 Å². The Kier molecular flexibility index (Phi) is 18.9. The first-order valence-electron chi connectivity index (χ1n) is 14.6. The molecular formula is C30H60O5Si3. The van der Waals surface area contributed by atoms with Gasteiger partial charge in [-0.25, -0.2) is 0 Å². The second-order valence-electron chi connectivity index (χ2n) is 13.1. The Labute approximate surface area is 238 Å². The van der Waals surface area contributed by atoms with E-state index in [4.69, 9.17) is 13.3 Å². The zero-order valence-electron chi connectivity index (χ0n) is 26.6. The number of unbranched alkanes of at least 4 members (excludes halogenated alkanes) is 2. The lowest BCUT2D eigenvalue weighted by atomic mass is 10.1. The summed E-state index contributed by atoms with van der Waals surface area (Å²) in [4.78, 5) is 11.2. The van der Waals surface area contributed by atoms with Crippen LogP contribution in [0.4, 0.5) is 0 Å². The highest BCUT2D eigenvalue weighted by atomic mass is 28.4. The molecule has 222 valence electrons. The van der Waals surface area contributed by atoms with Gasteiger partial charge in [0.15, 0.2) is 25.0 Å². The predicted molar refractivity (Wildman–Crippen MR) is 171 cm³/mol. The van der Waals surface area contributed by atoms with Crippen LogP contribution in [0.1, 0.15) is 64.7 Å². The van der Waals surface area contributed by atoms with Gasteiger partial charge in [0, 0.05) is 12.5 Å². The SMILES string of the molecule is COC(=O)CCC/C=C\C/C=C\CC(O[Si](C)(C)C)C(C/C=C\CCCC(C)O[Si](C)(C)C)O[Si](C)(C)C. The zero-order chi connectivity index (χ0) is 29.2. The van der Waals surface area contributed by atoms with Crippen LogP contribution in [0.5, 0.6) is 0 Å². The first-order valence-corrected chi connectivity index (χ1v) is 24.8. The van der Waals surface area contributed by atoms with Crippen molar-refractivity contribution in [3.05, 3.63) is 36.5 Å². The molecule has 0 aliphatic carbocycles. The number of rotatable bonds is 21. The van der Waals surface area contributed by atoms with E-state index in [-0.39, 0.29) is 18.2 Å². The fourth-order valence-corrected chi connectivity index (χ4v) is 7.72. The Hall–Kier alpha value is -0.779. The number of carbonyl (C=O) groups excluding carboxylic acids is 1. The summed E-state index contributed by atoms with van der Waals surface area (Å²) in [7, 11) is -3.50. The molecule has 0 aromatic heterocycles. The number of ether oxygens (including phenoxy) is 1. The van der Waals surface area contributed by atoms with Crippen molar-refractivity contribution in [1.82, 2.24) is 0 Å². The van der Waals surface area contributed by atoms with E-state index >= 15 is 0 Å². The van der Waals surface area contributed by atoms with Crippen LogP contribution in [0.3, 0.4) is 0 Å². The lowest BCUT2D eigenvalue weighted by Crippen LogP contribution is -2.44. The van der Waals surface area contributed by atoms with E-state index in [1.165, 1.54) is 7.11 Å². The number of hydrogen-bond acceptors (Lipinski definition) is 5. The van der Waals surface area contributed by atoms with E-state index in [1.807, 2.05) is 0 Å². The standard InChI is InChI=1S/C30H60O5Si3/c1-27(33-36(3,4)5)23-19-17-18-21-25-29(35-38(9,10)11)28(34-37(6,7)8)24-20-15-13-12-14-16-22-26-30(31)32-2/h12,14-15,18,20-21,27-29H,13,16-17,19,22-26H2,1-11H3/b14-12-,20-15-,21-18-. The van der Waals surface area contributed by atoms with Crippen molar-refractivity contribution in [3.8, 4) is 0 Å². The summed E-state index contributed by atoms with van der Waals surface area (Å²) >= 11 is 0. The highest BCUT2D eigenvalue weighted by Gasteiger charge is 2.30. The molecule has 0 saturated heterocycles. The largest absolute Gasteiger partial charge is 0.469 e. The average Bonchev–Trinajstić information content (AvgIpc) is 2.75. The summed E-state index contributed by atoms with van der Waals surface area (Å²) in [5, 5.41) is 0. The molecule has 5 nitrogen and oxygen atoms in total. The van der Waals surface area contributed by atoms with Crippen molar-refractivity contribution in [2.75, 3.05) is 7.11 Å². The van der Waals surface area contributed by atoms with Crippen LogP contribution in [0.25, 0.3) is 0 Å². The average molecular weight is 585 g/mol. The first-order chi connectivity index (χ1) is 17.5. The molecule has 0 aromatic rings. The third-order valence-corrected chi connectivity index (χ3v) is 8.58. The summed E-state index contributed by atoms with van der Waals surface area (Å²) in [6, 6.07) is 0. The van der Waals surface area contributed by atoms with E-state index in [9.17, 15) is 4.79 Å². The van der Waals surface area contributed by atoms with Crippen molar-refractivity contribution in [3.63, 3.8) is 0 Å². The molecule has 0 spiro atoms. The van der Waals surface area contributed by atoms with E-state index in [0.717, 1.165) is 51.4 Å². The minimum Gasteiger partial charge on any atom is -0.469 e. The molecule has 0 amide bonds. The van der Waals surface area contributed by atoms with Gasteiger partial charge in [-0.1, -0.05) is 36.5 Å². The molecule has 38 heavy (non-hydrogen) atoms. The summed E-state index contributed by atoms with van der Waals surface area (Å²) in [5.41, 5.74) is 0. The summed E-state index contributed by atoms with van der Waals surface area (Å²) < 4.78 is 24.2. The van der Waals surface area contributed by atoms with Crippen LogP contribution in [0, 0.1) is 0 Å². The minimum absolute atomic E-state index is 0.0588. The molecule has 3 unspecified atom stereocenters. The lowest BCUT2D eigenvalue weighted by molar-refractivity contribution is -0.140. The molecular weight excluding hydrogens is 525 g/mol. The second kappa shape index (κ2) is 19.3. The Morgan fingerprint density at radius 1 is 0.658 bits per heavy atom. The van der Waals surface area contributed by atoms with Gasteiger partial charge < -0.3 is 18.0 Å². The normalized spacial score (nSPS) is 16.0. The van der Waals surface area contributed by atoms with E-state index < -0.39 is 25.0 Å². The molecule has 0 fully saturated rings. The van der Waals surface area contributed by atoms with Crippen LogP contribution in [-0.4, -0.2) is 56.3 Å². The van der Waals surface area contributed by atoms with Crippen LogP contribution in [0.15, 0.2) is 36.5 Å². The summed E-state index contributed by atoms with van der Waals surface area (Å²) in [5.74, 6) is -0.140. The van der Waals surface area contributed by atoms with Crippen molar-refractivity contribution >= 4 is 30.9 Å². The number of carbonyl (C=O) groups is 1. The van der Waals surface area contributed by atoms with E-state index in [2.05, 4.69) is 107 Å². The molecule has 0 aliphatic heterocycles. The predicted octanol–water partition coefficient (Wildman–Crippen LogP) is 9.02. The molecule has 3 atom stereocenters. The van der Waals surface area contributed by atoms with E-state index in [1.54, 1.807) is 0 Å². The molecule has 0 bridgehead atoms. The van der Waals surface area contributed by atoms with E-state index in [0.29, 0.717) is 12.5 Å². The Balaban J connectivity index is 4.96. The fourth-order valence-electron chi connectivity index (χ4n) is 4.08. The van der Waals surface area contributed by atoms with Gasteiger partial charge >= 0.3 is 5.97 Å². The molecule has 0 aromatic carbocycles. The topological polar surface area (TPSA) is 54.0 Å². The Morgan fingerprint density at radius 3 is 1.61 bits per heavy atom. The zero-order valence-corrected chi connectivity index (χ0v) is 29.6. The minimum atomic E-state index is -1.74. The first kappa shape index (κ1) is 37.2. The van der Waals surface area contributed by atoms with Gasteiger partial charge in [-0.05, 0) is 117 Å². The van der Waals surface area contributed by atoms with Crippen LogP contribution in [-0.2, 0) is 22.8 Å². The number of methoxy groups -OCH3 is 1. The van der Waals surface area contributed by atoms with Crippen molar-refractivity contribution in [2.45, 2.75) is 142 Å². The molecule has 8 heteroatoms. The second-order valence-corrected chi connectivity index (χ2v) is 26.5. The fraction of sp³-hybridized carbons (Fsp3) is 0.767. The third kappa shape index (κ3) is 24.3. The summed E-state index contributed by atoms with van der Waals surface area (Å²) in [6.45, 7) is 22.5. The quantitative estimate of drug-likeness (QED) is 0.0583. The van der Waals surface area contributed by atoms with Gasteiger partial charge in [-0.2, -0.15) is 0 Å². The van der Waals surface area contributed by atoms with Gasteiger partial charge in [-0.15, -0.1) is 0 Å². The lowest BCUT2D eigenvalue weighted by Gasteiger charge is -2.35. The monoisotopic (exact) mass is 584 g/mol. The van der Waals surface area contributed by atoms with Gasteiger partial charge in [0.2, 0.25) is 0 Å². The maximum absolute atomic E-state index is 11.2. The molecule has 0 N–H and O–H groups in total. The summed E-state index contributed by atoms with van der Waals surface area (Å²) in [6.07, 6.45) is 22.0. The van der Waals surface area contributed by atoms with Crippen molar-refractivity contribution in [2.24, 2.45) is 0 Å². The van der Waals surface area contributed by atoms with Crippen LogP contribution in [0.2, 0.25) is 58.9 Å². The number of allylic oxidation sites excluding steroid dienone is 4. The molecule has 0 saturated carbocycles.